The first kappa shape index (κ1) is 16.4. The van der Waals surface area contributed by atoms with Gasteiger partial charge in [0.25, 0.3) is 0 Å². The largest absolute Gasteiger partial charge is 0.353 e. The average molecular weight is 270 g/mol. The summed E-state index contributed by atoms with van der Waals surface area (Å²) < 4.78 is 0. The van der Waals surface area contributed by atoms with Gasteiger partial charge >= 0.3 is 0 Å². The fourth-order valence-electron chi connectivity index (χ4n) is 2.26. The summed E-state index contributed by atoms with van der Waals surface area (Å²) >= 11 is 0. The van der Waals surface area contributed by atoms with Crippen molar-refractivity contribution in [2.24, 2.45) is 0 Å². The van der Waals surface area contributed by atoms with Gasteiger partial charge in [0.05, 0.1) is 6.04 Å². The van der Waals surface area contributed by atoms with Crippen molar-refractivity contribution in [2.45, 2.75) is 39.3 Å². The van der Waals surface area contributed by atoms with Crippen molar-refractivity contribution >= 4 is 5.91 Å². The molecule has 1 rings (SSSR count). The van der Waals surface area contributed by atoms with E-state index in [1.807, 2.05) is 0 Å². The molecule has 1 atom stereocenters. The van der Waals surface area contributed by atoms with Crippen LogP contribution in [0.2, 0.25) is 0 Å². The highest BCUT2D eigenvalue weighted by atomic mass is 16.2. The fraction of sp³-hybridized carbons (Fsp3) is 0.929. The fourth-order valence-corrected chi connectivity index (χ4v) is 2.26. The van der Waals surface area contributed by atoms with E-state index >= 15 is 0 Å². The Morgan fingerprint density at radius 3 is 2.58 bits per heavy atom. The molecule has 5 heteroatoms. The lowest BCUT2D eigenvalue weighted by Gasteiger charge is -2.38. The standard InChI is InChI=1S/C14H30N4O/c1-5-18-9-6-13(18)14(19)16-8-11-17(4)10-7-15-12(2)3/h12-13,15H,5-11H2,1-4H3,(H,16,19). The average Bonchev–Trinajstić information content (AvgIpc) is 2.27. The molecule has 0 aliphatic carbocycles. The Kier molecular flexibility index (Phi) is 7.34. The van der Waals surface area contributed by atoms with Gasteiger partial charge in [-0.3, -0.25) is 9.69 Å². The minimum Gasteiger partial charge on any atom is -0.353 e. The SMILES string of the molecule is CCN1CCC1C(=O)NCCN(C)CCNC(C)C. The number of likely N-dealkylation sites (N-methyl/N-ethyl adjacent to an activating group) is 2. The van der Waals surface area contributed by atoms with Gasteiger partial charge in [0.1, 0.15) is 0 Å². The molecule has 2 N–H and O–H groups in total. The third kappa shape index (κ3) is 5.89. The van der Waals surface area contributed by atoms with Gasteiger partial charge < -0.3 is 15.5 Å². The van der Waals surface area contributed by atoms with Gasteiger partial charge in [-0.15, -0.1) is 0 Å². The third-order valence-electron chi connectivity index (χ3n) is 3.68. The number of nitrogens with one attached hydrogen (secondary N) is 2. The van der Waals surface area contributed by atoms with Crippen LogP contribution < -0.4 is 10.6 Å². The quantitative estimate of drug-likeness (QED) is 0.625. The summed E-state index contributed by atoms with van der Waals surface area (Å²) in [7, 11) is 2.09. The van der Waals surface area contributed by atoms with E-state index < -0.39 is 0 Å². The maximum Gasteiger partial charge on any atom is 0.237 e. The van der Waals surface area contributed by atoms with E-state index in [0.29, 0.717) is 6.04 Å². The van der Waals surface area contributed by atoms with Gasteiger partial charge in [-0.2, -0.15) is 0 Å². The second-order valence-electron chi connectivity index (χ2n) is 5.64. The van der Waals surface area contributed by atoms with Crippen molar-refractivity contribution in [3.63, 3.8) is 0 Å². The van der Waals surface area contributed by atoms with E-state index in [9.17, 15) is 4.79 Å². The van der Waals surface area contributed by atoms with Gasteiger partial charge in [-0.25, -0.2) is 0 Å². The van der Waals surface area contributed by atoms with Gasteiger partial charge in [-0.1, -0.05) is 20.8 Å². The Hall–Kier alpha value is -0.650. The molecule has 0 spiro atoms. The van der Waals surface area contributed by atoms with Crippen molar-refractivity contribution in [3.8, 4) is 0 Å². The molecule has 1 unspecified atom stereocenters. The number of amides is 1. The Bertz CT molecular complexity index is 268. The van der Waals surface area contributed by atoms with Crippen LogP contribution in [0.1, 0.15) is 27.2 Å². The Balaban J connectivity index is 2.04. The zero-order chi connectivity index (χ0) is 14.3. The molecule has 0 bridgehead atoms. The Morgan fingerprint density at radius 2 is 2.05 bits per heavy atom. The van der Waals surface area contributed by atoms with E-state index in [-0.39, 0.29) is 11.9 Å². The molecule has 0 saturated carbocycles. The van der Waals surface area contributed by atoms with Crippen LogP contribution in [0.5, 0.6) is 0 Å². The summed E-state index contributed by atoms with van der Waals surface area (Å²) in [5, 5.41) is 6.43. The number of hydrogen-bond donors (Lipinski definition) is 2. The van der Waals surface area contributed by atoms with E-state index in [4.69, 9.17) is 0 Å². The molecular formula is C14H30N4O. The molecule has 1 fully saturated rings. The van der Waals surface area contributed by atoms with E-state index in [2.05, 4.69) is 48.3 Å². The van der Waals surface area contributed by atoms with Crippen molar-refractivity contribution in [2.75, 3.05) is 46.3 Å². The smallest absolute Gasteiger partial charge is 0.237 e. The molecule has 1 heterocycles. The molecule has 1 aliphatic rings. The number of nitrogens with zero attached hydrogens (tertiary/aromatic N) is 2. The number of likely N-dealkylation sites (tertiary alicyclic amines) is 1. The zero-order valence-corrected chi connectivity index (χ0v) is 12.9. The maximum absolute atomic E-state index is 11.9. The lowest BCUT2D eigenvalue weighted by molar-refractivity contribution is -0.130. The molecule has 19 heavy (non-hydrogen) atoms. The molecular weight excluding hydrogens is 240 g/mol. The van der Waals surface area contributed by atoms with E-state index in [1.54, 1.807) is 0 Å². The van der Waals surface area contributed by atoms with E-state index in [1.165, 1.54) is 0 Å². The minimum atomic E-state index is 0.123. The maximum atomic E-state index is 11.9. The highest BCUT2D eigenvalue weighted by Gasteiger charge is 2.32. The van der Waals surface area contributed by atoms with Crippen molar-refractivity contribution in [1.82, 2.24) is 20.4 Å². The van der Waals surface area contributed by atoms with Crippen molar-refractivity contribution in [1.29, 1.82) is 0 Å². The Morgan fingerprint density at radius 1 is 1.37 bits per heavy atom. The van der Waals surface area contributed by atoms with Crippen LogP contribution in [0.25, 0.3) is 0 Å². The number of rotatable bonds is 9. The molecule has 0 radical (unpaired) electrons. The van der Waals surface area contributed by atoms with Crippen LogP contribution in [0.3, 0.4) is 0 Å². The van der Waals surface area contributed by atoms with Crippen LogP contribution in [0.4, 0.5) is 0 Å². The lowest BCUT2D eigenvalue weighted by atomic mass is 10.0. The van der Waals surface area contributed by atoms with Gasteiger partial charge in [0.15, 0.2) is 0 Å². The highest BCUT2D eigenvalue weighted by Crippen LogP contribution is 2.15. The van der Waals surface area contributed by atoms with Crippen LogP contribution >= 0.6 is 0 Å². The summed E-state index contributed by atoms with van der Waals surface area (Å²) in [6, 6.07) is 0.657. The van der Waals surface area contributed by atoms with Gasteiger partial charge in [0, 0.05) is 38.8 Å². The monoisotopic (exact) mass is 270 g/mol. The van der Waals surface area contributed by atoms with Crippen LogP contribution in [-0.4, -0.2) is 74.1 Å². The molecule has 112 valence electrons. The molecule has 0 aromatic rings. The van der Waals surface area contributed by atoms with Crippen LogP contribution in [0, 0.1) is 0 Å². The summed E-state index contributed by atoms with van der Waals surface area (Å²) in [5.41, 5.74) is 0. The van der Waals surface area contributed by atoms with Gasteiger partial charge in [0.2, 0.25) is 5.91 Å². The molecule has 5 nitrogen and oxygen atoms in total. The van der Waals surface area contributed by atoms with E-state index in [0.717, 1.165) is 45.7 Å². The Labute approximate surface area is 117 Å². The van der Waals surface area contributed by atoms with Crippen LogP contribution in [-0.2, 0) is 4.79 Å². The second-order valence-corrected chi connectivity index (χ2v) is 5.64. The highest BCUT2D eigenvalue weighted by molar-refractivity contribution is 5.82. The topological polar surface area (TPSA) is 47.6 Å². The first-order valence-corrected chi connectivity index (χ1v) is 7.48. The summed E-state index contributed by atoms with van der Waals surface area (Å²) in [6.45, 7) is 12.1. The zero-order valence-electron chi connectivity index (χ0n) is 12.9. The summed E-state index contributed by atoms with van der Waals surface area (Å²) in [4.78, 5) is 16.4. The number of carbonyl (C=O) groups excluding carboxylic acids is 1. The number of carbonyl (C=O) groups is 1. The summed E-state index contributed by atoms with van der Waals surface area (Å²) in [5.74, 6) is 0.196. The minimum absolute atomic E-state index is 0.123. The first-order valence-electron chi connectivity index (χ1n) is 7.48. The first-order chi connectivity index (χ1) is 9.04. The van der Waals surface area contributed by atoms with Crippen molar-refractivity contribution in [3.05, 3.63) is 0 Å². The molecule has 1 saturated heterocycles. The molecule has 0 aromatic carbocycles. The molecule has 1 aliphatic heterocycles. The lowest BCUT2D eigenvalue weighted by Crippen LogP contribution is -2.56. The van der Waals surface area contributed by atoms with Gasteiger partial charge in [-0.05, 0) is 20.0 Å². The predicted octanol–water partition coefficient (Wildman–Crippen LogP) is 0.127. The second kappa shape index (κ2) is 8.51. The third-order valence-corrected chi connectivity index (χ3v) is 3.68. The van der Waals surface area contributed by atoms with Crippen LogP contribution in [0.15, 0.2) is 0 Å². The van der Waals surface area contributed by atoms with Crippen molar-refractivity contribution < 1.29 is 4.79 Å². The molecule has 1 amide bonds. The summed E-state index contributed by atoms with van der Waals surface area (Å²) in [6.07, 6.45) is 1.01. The molecule has 0 aromatic heterocycles. The number of hydrogen-bond acceptors (Lipinski definition) is 4. The predicted molar refractivity (Wildman–Crippen MR) is 79.3 cm³/mol. The normalized spacial score (nSPS) is 19.8.